The minimum atomic E-state index is 0.229. The smallest absolute Gasteiger partial charge is 0.228 e. The van der Waals surface area contributed by atoms with Crippen LogP contribution in [0.1, 0.15) is 35.6 Å². The number of carbonyl (C=O) groups excluding carboxylic acids is 1. The third kappa shape index (κ3) is 5.11. The van der Waals surface area contributed by atoms with E-state index in [2.05, 4.69) is 23.9 Å². The molecule has 1 aromatic carbocycles. The largest absolute Gasteiger partial charge is 0.497 e. The van der Waals surface area contributed by atoms with E-state index < -0.39 is 0 Å². The van der Waals surface area contributed by atoms with Crippen LogP contribution in [0.25, 0.3) is 11.3 Å². The summed E-state index contributed by atoms with van der Waals surface area (Å²) in [6.07, 6.45) is 5.15. The number of ether oxygens (including phenoxy) is 1. The summed E-state index contributed by atoms with van der Waals surface area (Å²) in [6.45, 7) is 3.70. The molecular formula is C22H31N3O2S. The summed E-state index contributed by atoms with van der Waals surface area (Å²) in [6, 6.07) is 8.31. The lowest BCUT2D eigenvalue weighted by Crippen LogP contribution is -2.43. The van der Waals surface area contributed by atoms with Crippen molar-refractivity contribution in [2.75, 3.05) is 34.3 Å². The molecule has 0 spiro atoms. The van der Waals surface area contributed by atoms with E-state index in [1.807, 2.05) is 31.2 Å². The molecule has 2 aromatic rings. The minimum Gasteiger partial charge on any atom is -0.497 e. The lowest BCUT2D eigenvalue weighted by atomic mass is 10.1. The van der Waals surface area contributed by atoms with E-state index in [1.165, 1.54) is 12.8 Å². The highest BCUT2D eigenvalue weighted by atomic mass is 32.1. The van der Waals surface area contributed by atoms with Gasteiger partial charge in [0.2, 0.25) is 5.91 Å². The van der Waals surface area contributed by atoms with Gasteiger partial charge in [-0.15, -0.1) is 11.3 Å². The first-order valence-electron chi connectivity index (χ1n) is 10.0. The van der Waals surface area contributed by atoms with E-state index in [0.717, 1.165) is 52.8 Å². The van der Waals surface area contributed by atoms with Crippen molar-refractivity contribution in [2.45, 2.75) is 45.1 Å². The fourth-order valence-corrected chi connectivity index (χ4v) is 4.79. The van der Waals surface area contributed by atoms with Gasteiger partial charge in [-0.2, -0.15) is 0 Å². The zero-order chi connectivity index (χ0) is 20.1. The summed E-state index contributed by atoms with van der Waals surface area (Å²) in [4.78, 5) is 23.3. The topological polar surface area (TPSA) is 45.7 Å². The minimum absolute atomic E-state index is 0.229. The number of thiazole rings is 1. The molecule has 0 atom stereocenters. The monoisotopic (exact) mass is 401 g/mol. The summed E-state index contributed by atoms with van der Waals surface area (Å²) in [5, 5.41) is 0.995. The first-order chi connectivity index (χ1) is 13.5. The maximum Gasteiger partial charge on any atom is 0.228 e. The molecule has 1 heterocycles. The Labute approximate surface area is 172 Å². The molecule has 5 nitrogen and oxygen atoms in total. The average Bonchev–Trinajstić information content (AvgIpc) is 3.32. The first-order valence-corrected chi connectivity index (χ1v) is 10.8. The second-order valence-electron chi connectivity index (χ2n) is 7.74. The number of amides is 1. The lowest BCUT2D eigenvalue weighted by molar-refractivity contribution is -0.132. The van der Waals surface area contributed by atoms with Crippen LogP contribution in [-0.4, -0.2) is 61.0 Å². The molecule has 0 aliphatic heterocycles. The number of nitrogens with zero attached hydrogens (tertiary/aromatic N) is 3. The van der Waals surface area contributed by atoms with Crippen LogP contribution in [0.5, 0.6) is 5.75 Å². The van der Waals surface area contributed by atoms with Crippen LogP contribution in [0.4, 0.5) is 0 Å². The van der Waals surface area contributed by atoms with Gasteiger partial charge in [-0.3, -0.25) is 4.79 Å². The van der Waals surface area contributed by atoms with Crippen LogP contribution < -0.4 is 4.74 Å². The Morgan fingerprint density at radius 2 is 1.86 bits per heavy atom. The van der Waals surface area contributed by atoms with Gasteiger partial charge in [0, 0.05) is 29.6 Å². The van der Waals surface area contributed by atoms with E-state index in [-0.39, 0.29) is 5.91 Å². The Kier molecular flexibility index (Phi) is 7.08. The van der Waals surface area contributed by atoms with Crippen molar-refractivity contribution < 1.29 is 9.53 Å². The maximum atomic E-state index is 13.3. The Balaban J connectivity index is 1.79. The quantitative estimate of drug-likeness (QED) is 0.671. The predicted octanol–water partition coefficient (Wildman–Crippen LogP) is 4.00. The molecule has 6 heteroatoms. The molecule has 1 saturated carbocycles. The zero-order valence-corrected chi connectivity index (χ0v) is 18.2. The van der Waals surface area contributed by atoms with Gasteiger partial charge in [-0.1, -0.05) is 12.8 Å². The number of benzene rings is 1. The zero-order valence-electron chi connectivity index (χ0n) is 17.4. The SMILES string of the molecule is COc1ccc(-c2nc(C)sc2CC(=O)N(CCN(C)C)C2CCCC2)cc1. The molecule has 3 rings (SSSR count). The number of aryl methyl sites for hydroxylation is 1. The van der Waals surface area contributed by atoms with Crippen LogP contribution in [0.2, 0.25) is 0 Å². The van der Waals surface area contributed by atoms with Crippen LogP contribution in [0, 0.1) is 6.92 Å². The molecule has 0 radical (unpaired) electrons. The van der Waals surface area contributed by atoms with E-state index in [4.69, 9.17) is 9.72 Å². The molecule has 28 heavy (non-hydrogen) atoms. The van der Waals surface area contributed by atoms with Gasteiger partial charge in [0.1, 0.15) is 5.75 Å². The number of hydrogen-bond donors (Lipinski definition) is 0. The van der Waals surface area contributed by atoms with Crippen molar-refractivity contribution in [1.82, 2.24) is 14.8 Å². The number of likely N-dealkylation sites (N-methyl/N-ethyl adjacent to an activating group) is 1. The molecular weight excluding hydrogens is 370 g/mol. The van der Waals surface area contributed by atoms with Crippen molar-refractivity contribution in [3.05, 3.63) is 34.2 Å². The number of rotatable bonds is 8. The first kappa shape index (κ1) is 20.8. The van der Waals surface area contributed by atoms with Crippen molar-refractivity contribution >= 4 is 17.2 Å². The number of carbonyl (C=O) groups is 1. The van der Waals surface area contributed by atoms with E-state index in [1.54, 1.807) is 18.4 Å². The van der Waals surface area contributed by atoms with Crippen LogP contribution >= 0.6 is 11.3 Å². The van der Waals surface area contributed by atoms with Crippen LogP contribution in [0.15, 0.2) is 24.3 Å². The summed E-state index contributed by atoms with van der Waals surface area (Å²) in [5.41, 5.74) is 1.96. The summed E-state index contributed by atoms with van der Waals surface area (Å²) in [5.74, 6) is 1.05. The standard InChI is InChI=1S/C22H31N3O2S/c1-16-23-22(17-9-11-19(27-4)12-10-17)20(28-16)15-21(26)25(14-13-24(2)3)18-7-5-6-8-18/h9-12,18H,5-8,13-15H2,1-4H3. The van der Waals surface area contributed by atoms with Gasteiger partial charge >= 0.3 is 0 Å². The van der Waals surface area contributed by atoms with E-state index >= 15 is 0 Å². The van der Waals surface area contributed by atoms with Crippen LogP contribution in [-0.2, 0) is 11.2 Å². The summed E-state index contributed by atoms with van der Waals surface area (Å²) in [7, 11) is 5.79. The molecule has 152 valence electrons. The van der Waals surface area contributed by atoms with Gasteiger partial charge in [0.05, 0.1) is 24.2 Å². The highest BCUT2D eigenvalue weighted by molar-refractivity contribution is 7.12. The molecule has 1 aliphatic carbocycles. The summed E-state index contributed by atoms with van der Waals surface area (Å²) < 4.78 is 5.26. The third-order valence-electron chi connectivity index (χ3n) is 5.35. The lowest BCUT2D eigenvalue weighted by Gasteiger charge is -2.30. The van der Waals surface area contributed by atoms with E-state index in [0.29, 0.717) is 12.5 Å². The van der Waals surface area contributed by atoms with Gasteiger partial charge < -0.3 is 14.5 Å². The fraction of sp³-hybridized carbons (Fsp3) is 0.545. The van der Waals surface area contributed by atoms with Crippen molar-refractivity contribution in [3.8, 4) is 17.0 Å². The van der Waals surface area contributed by atoms with E-state index in [9.17, 15) is 4.79 Å². The molecule has 1 fully saturated rings. The second-order valence-corrected chi connectivity index (χ2v) is 9.03. The normalized spacial score (nSPS) is 14.6. The Morgan fingerprint density at radius 1 is 1.18 bits per heavy atom. The maximum absolute atomic E-state index is 13.3. The van der Waals surface area contributed by atoms with Crippen molar-refractivity contribution in [3.63, 3.8) is 0 Å². The Morgan fingerprint density at radius 3 is 2.46 bits per heavy atom. The van der Waals surface area contributed by atoms with Gasteiger partial charge in [-0.05, 0) is 58.1 Å². The van der Waals surface area contributed by atoms with Gasteiger partial charge in [-0.25, -0.2) is 4.98 Å². The highest BCUT2D eigenvalue weighted by Crippen LogP contribution is 2.31. The Bertz CT molecular complexity index is 780. The van der Waals surface area contributed by atoms with Gasteiger partial charge in [0.25, 0.3) is 0 Å². The predicted molar refractivity (Wildman–Crippen MR) is 115 cm³/mol. The number of methoxy groups -OCH3 is 1. The van der Waals surface area contributed by atoms with Gasteiger partial charge in [0.15, 0.2) is 0 Å². The Hall–Kier alpha value is -1.92. The van der Waals surface area contributed by atoms with Crippen molar-refractivity contribution in [2.24, 2.45) is 0 Å². The molecule has 0 bridgehead atoms. The molecule has 1 aromatic heterocycles. The third-order valence-corrected chi connectivity index (χ3v) is 6.32. The highest BCUT2D eigenvalue weighted by Gasteiger charge is 2.27. The molecule has 1 amide bonds. The number of hydrogen-bond acceptors (Lipinski definition) is 5. The summed E-state index contributed by atoms with van der Waals surface area (Å²) >= 11 is 1.63. The number of aromatic nitrogens is 1. The molecule has 0 unspecified atom stereocenters. The second kappa shape index (κ2) is 9.52. The van der Waals surface area contributed by atoms with Crippen molar-refractivity contribution in [1.29, 1.82) is 0 Å². The molecule has 0 N–H and O–H groups in total. The molecule has 0 saturated heterocycles. The average molecular weight is 402 g/mol. The fourth-order valence-electron chi connectivity index (χ4n) is 3.84. The van der Waals surface area contributed by atoms with Crippen LogP contribution in [0.3, 0.4) is 0 Å². The molecule has 1 aliphatic rings.